The normalized spacial score (nSPS) is 12.8. The van der Waals surface area contributed by atoms with Crippen molar-refractivity contribution in [1.82, 2.24) is 4.57 Å². The molecule has 3 nitrogen and oxygen atoms in total. The minimum atomic E-state index is 0.0550. The molecule has 1 aromatic heterocycles. The molecule has 0 saturated carbocycles. The van der Waals surface area contributed by atoms with E-state index in [1.807, 2.05) is 12.1 Å². The summed E-state index contributed by atoms with van der Waals surface area (Å²) >= 11 is 0. The van der Waals surface area contributed by atoms with E-state index in [1.165, 1.54) is 32.7 Å². The molecule has 4 heteroatoms. The van der Waals surface area contributed by atoms with Crippen molar-refractivity contribution < 1.29 is 9.47 Å². The van der Waals surface area contributed by atoms with Gasteiger partial charge in [-0.2, -0.15) is 0 Å². The van der Waals surface area contributed by atoms with Crippen LogP contribution in [0.1, 0.15) is 0 Å². The number of ether oxygens (including phenoxy) is 2. The maximum Gasteiger partial charge on any atom is 0.260 e. The number of fused-ring (bicyclic) bond motifs is 7. The summed E-state index contributed by atoms with van der Waals surface area (Å²) in [5, 5.41) is 2.48. The minimum absolute atomic E-state index is 0.0550. The number of rotatable bonds is 2. The molecule has 3 heterocycles. The maximum atomic E-state index is 6.72. The van der Waals surface area contributed by atoms with Gasteiger partial charge in [-0.1, -0.05) is 84.9 Å². The lowest BCUT2D eigenvalue weighted by Gasteiger charge is -2.33. The Labute approximate surface area is 231 Å². The van der Waals surface area contributed by atoms with Gasteiger partial charge in [-0.25, -0.2) is 0 Å². The summed E-state index contributed by atoms with van der Waals surface area (Å²) in [5.41, 5.74) is 9.13. The van der Waals surface area contributed by atoms with Gasteiger partial charge >= 0.3 is 0 Å². The van der Waals surface area contributed by atoms with E-state index in [-0.39, 0.29) is 6.71 Å². The van der Waals surface area contributed by atoms with E-state index in [0.29, 0.717) is 0 Å². The summed E-state index contributed by atoms with van der Waals surface area (Å²) in [6.07, 6.45) is 0. The molecule has 2 aliphatic rings. The third-order valence-corrected chi connectivity index (χ3v) is 8.34. The number of hydrogen-bond donors (Lipinski definition) is 0. The fraction of sp³-hybridized carbons (Fsp3) is 0. The summed E-state index contributed by atoms with van der Waals surface area (Å²) in [4.78, 5) is 0. The molecule has 0 amide bonds. The predicted octanol–water partition coefficient (Wildman–Crippen LogP) is 7.18. The summed E-state index contributed by atoms with van der Waals surface area (Å²) in [7, 11) is 0. The van der Waals surface area contributed by atoms with Gasteiger partial charge in [0.1, 0.15) is 23.0 Å². The van der Waals surface area contributed by atoms with Gasteiger partial charge in [0, 0.05) is 27.5 Å². The largest absolute Gasteiger partial charge is 0.458 e. The molecule has 0 bridgehead atoms. The average Bonchev–Trinajstić information content (AvgIpc) is 3.35. The summed E-state index contributed by atoms with van der Waals surface area (Å²) in [6, 6.07) is 47.0. The minimum Gasteiger partial charge on any atom is -0.458 e. The van der Waals surface area contributed by atoms with Crippen molar-refractivity contribution in [3.05, 3.63) is 133 Å². The SMILES string of the molecule is c1ccc(-n2c3ccccc3c3ccc(-c4ccc5c6c4Oc4ccccc4B6c4ccccc4O5)cc32)cc1. The topological polar surface area (TPSA) is 23.4 Å². The van der Waals surface area contributed by atoms with E-state index in [0.717, 1.165) is 45.3 Å². The van der Waals surface area contributed by atoms with Crippen molar-refractivity contribution in [2.75, 3.05) is 0 Å². The molecule has 0 N–H and O–H groups in total. The Morgan fingerprint density at radius 3 is 2.00 bits per heavy atom. The van der Waals surface area contributed by atoms with Crippen LogP contribution in [0.3, 0.4) is 0 Å². The van der Waals surface area contributed by atoms with Crippen LogP contribution in [0.4, 0.5) is 0 Å². The summed E-state index contributed by atoms with van der Waals surface area (Å²) in [6.45, 7) is 0.0550. The Balaban J connectivity index is 1.31. The first kappa shape index (κ1) is 21.7. The molecule has 2 aliphatic heterocycles. The van der Waals surface area contributed by atoms with Crippen molar-refractivity contribution >= 4 is 44.9 Å². The monoisotopic (exact) mass is 511 g/mol. The zero-order chi connectivity index (χ0) is 26.2. The van der Waals surface area contributed by atoms with E-state index in [2.05, 4.69) is 126 Å². The molecular formula is C36H22BNO2. The molecule has 6 aromatic carbocycles. The molecule has 0 aliphatic carbocycles. The highest BCUT2D eigenvalue weighted by molar-refractivity contribution is 6.98. The van der Waals surface area contributed by atoms with E-state index in [1.54, 1.807) is 0 Å². The zero-order valence-corrected chi connectivity index (χ0v) is 21.5. The molecule has 40 heavy (non-hydrogen) atoms. The Morgan fingerprint density at radius 1 is 0.500 bits per heavy atom. The third-order valence-electron chi connectivity index (χ3n) is 8.34. The molecule has 0 spiro atoms. The number of para-hydroxylation sites is 4. The highest BCUT2D eigenvalue weighted by Crippen LogP contribution is 2.42. The Hall–Kier alpha value is -5.22. The van der Waals surface area contributed by atoms with Crippen molar-refractivity contribution in [3.63, 3.8) is 0 Å². The van der Waals surface area contributed by atoms with Gasteiger partial charge in [-0.3, -0.25) is 0 Å². The van der Waals surface area contributed by atoms with Crippen LogP contribution in [0, 0.1) is 0 Å². The summed E-state index contributed by atoms with van der Waals surface area (Å²) in [5.74, 6) is 3.53. The van der Waals surface area contributed by atoms with Crippen LogP contribution in [0.5, 0.6) is 23.0 Å². The van der Waals surface area contributed by atoms with E-state index in [4.69, 9.17) is 9.47 Å². The molecule has 0 fully saturated rings. The average molecular weight is 511 g/mol. The molecule has 9 rings (SSSR count). The Kier molecular flexibility index (Phi) is 4.41. The number of aromatic nitrogens is 1. The first-order valence-electron chi connectivity index (χ1n) is 13.6. The summed E-state index contributed by atoms with van der Waals surface area (Å²) < 4.78 is 15.5. The predicted molar refractivity (Wildman–Crippen MR) is 164 cm³/mol. The van der Waals surface area contributed by atoms with Crippen LogP contribution in [0.25, 0.3) is 38.6 Å². The second-order valence-electron chi connectivity index (χ2n) is 10.5. The first-order chi connectivity index (χ1) is 19.8. The Morgan fingerprint density at radius 2 is 1.18 bits per heavy atom. The Bertz CT molecular complexity index is 2120. The molecule has 0 radical (unpaired) electrons. The number of hydrogen-bond acceptors (Lipinski definition) is 2. The second-order valence-corrected chi connectivity index (χ2v) is 10.5. The van der Waals surface area contributed by atoms with Crippen molar-refractivity contribution in [3.8, 4) is 39.8 Å². The zero-order valence-electron chi connectivity index (χ0n) is 21.5. The fourth-order valence-electron chi connectivity index (χ4n) is 6.61. The number of benzene rings is 6. The standard InChI is InChI=1S/C36H22BNO2/c1-2-10-24(11-3-1)38-30-15-7-4-12-26(30)27-19-18-23(22-31(27)38)25-20-21-34-35-36(25)40-33-17-9-6-14-29(33)37(35)28-13-5-8-16-32(28)39-34/h1-22H. The quantitative estimate of drug-likeness (QED) is 0.230. The number of nitrogens with zero attached hydrogens (tertiary/aromatic N) is 1. The van der Waals surface area contributed by atoms with Crippen molar-refractivity contribution in [1.29, 1.82) is 0 Å². The maximum absolute atomic E-state index is 6.72. The van der Waals surface area contributed by atoms with Crippen LogP contribution < -0.4 is 25.9 Å². The van der Waals surface area contributed by atoms with Crippen LogP contribution in [-0.2, 0) is 0 Å². The molecule has 0 atom stereocenters. The first-order valence-corrected chi connectivity index (χ1v) is 13.6. The van der Waals surface area contributed by atoms with E-state index in [9.17, 15) is 0 Å². The van der Waals surface area contributed by atoms with E-state index >= 15 is 0 Å². The molecule has 0 unspecified atom stereocenters. The van der Waals surface area contributed by atoms with Crippen molar-refractivity contribution in [2.45, 2.75) is 0 Å². The van der Waals surface area contributed by atoms with E-state index < -0.39 is 0 Å². The second kappa shape index (κ2) is 8.14. The van der Waals surface area contributed by atoms with Crippen LogP contribution in [0.15, 0.2) is 133 Å². The third kappa shape index (κ3) is 2.96. The van der Waals surface area contributed by atoms with Gasteiger partial charge in [0.15, 0.2) is 0 Å². The highest BCUT2D eigenvalue weighted by atomic mass is 16.5. The van der Waals surface area contributed by atoms with Crippen LogP contribution in [-0.4, -0.2) is 11.3 Å². The molecular weight excluding hydrogens is 489 g/mol. The molecule has 7 aromatic rings. The smallest absolute Gasteiger partial charge is 0.260 e. The van der Waals surface area contributed by atoms with Crippen molar-refractivity contribution in [2.24, 2.45) is 0 Å². The lowest BCUT2D eigenvalue weighted by Crippen LogP contribution is -2.57. The lowest BCUT2D eigenvalue weighted by molar-refractivity contribution is 0.465. The van der Waals surface area contributed by atoms with Gasteiger partial charge in [-0.05, 0) is 65.0 Å². The molecule has 186 valence electrons. The van der Waals surface area contributed by atoms with Gasteiger partial charge in [0.05, 0.1) is 11.0 Å². The van der Waals surface area contributed by atoms with Gasteiger partial charge in [0.25, 0.3) is 6.71 Å². The van der Waals surface area contributed by atoms with Gasteiger partial charge in [-0.15, -0.1) is 0 Å². The lowest BCUT2D eigenvalue weighted by atomic mass is 9.34. The fourth-order valence-corrected chi connectivity index (χ4v) is 6.61. The highest BCUT2D eigenvalue weighted by Gasteiger charge is 2.40. The van der Waals surface area contributed by atoms with Gasteiger partial charge < -0.3 is 14.0 Å². The molecule has 0 saturated heterocycles. The van der Waals surface area contributed by atoms with Crippen LogP contribution in [0.2, 0.25) is 0 Å². The van der Waals surface area contributed by atoms with Crippen LogP contribution >= 0.6 is 0 Å². The van der Waals surface area contributed by atoms with Gasteiger partial charge in [0.2, 0.25) is 0 Å².